The minimum Gasteiger partial charge on any atom is -0.495 e. The monoisotopic (exact) mass is 528 g/mol. The van der Waals surface area contributed by atoms with Crippen LogP contribution in [0, 0.1) is 0 Å². The Morgan fingerprint density at radius 3 is 2.36 bits per heavy atom. The average molecular weight is 529 g/mol. The maximum atomic E-state index is 12.1. The molecule has 3 N–H and O–H groups in total. The lowest BCUT2D eigenvalue weighted by Gasteiger charge is -2.17. The molecule has 202 valence electrons. The molecule has 0 saturated carbocycles. The van der Waals surface area contributed by atoms with Gasteiger partial charge in [0.2, 0.25) is 5.95 Å². The van der Waals surface area contributed by atoms with Gasteiger partial charge in [-0.05, 0) is 49.5 Å². The SMILES string of the molecule is CCN(CC)CCOC(=O)Nc1ccc(Nc2ncc(-c3cncnc3)c(Nc3ccccc3OC)n2)cc1. The number of carbonyl (C=O) groups is 1. The zero-order chi connectivity index (χ0) is 27.5. The van der Waals surface area contributed by atoms with Gasteiger partial charge in [-0.3, -0.25) is 5.32 Å². The lowest BCUT2D eigenvalue weighted by atomic mass is 10.1. The zero-order valence-electron chi connectivity index (χ0n) is 22.2. The van der Waals surface area contributed by atoms with E-state index in [0.717, 1.165) is 35.6 Å². The molecule has 11 heteroatoms. The number of para-hydroxylation sites is 2. The van der Waals surface area contributed by atoms with Crippen LogP contribution in [0.25, 0.3) is 11.1 Å². The number of hydrogen-bond acceptors (Lipinski definition) is 10. The number of ether oxygens (including phenoxy) is 2. The number of rotatable bonds is 12. The summed E-state index contributed by atoms with van der Waals surface area (Å²) >= 11 is 0. The first-order valence-electron chi connectivity index (χ1n) is 12.6. The van der Waals surface area contributed by atoms with E-state index in [1.165, 1.54) is 6.33 Å². The van der Waals surface area contributed by atoms with Crippen LogP contribution in [0.2, 0.25) is 0 Å². The molecule has 0 saturated heterocycles. The van der Waals surface area contributed by atoms with Crippen molar-refractivity contribution in [3.05, 3.63) is 73.4 Å². The van der Waals surface area contributed by atoms with Crippen molar-refractivity contribution in [2.45, 2.75) is 13.8 Å². The van der Waals surface area contributed by atoms with Gasteiger partial charge in [-0.1, -0.05) is 26.0 Å². The predicted octanol–water partition coefficient (Wildman–Crippen LogP) is 5.32. The zero-order valence-corrected chi connectivity index (χ0v) is 22.2. The van der Waals surface area contributed by atoms with E-state index < -0.39 is 6.09 Å². The fraction of sp³-hybridized carbons (Fsp3) is 0.250. The average Bonchev–Trinajstić information content (AvgIpc) is 2.97. The lowest BCUT2D eigenvalue weighted by Crippen LogP contribution is -2.28. The van der Waals surface area contributed by atoms with Crippen LogP contribution in [0.15, 0.2) is 73.4 Å². The molecule has 0 fully saturated rings. The summed E-state index contributed by atoms with van der Waals surface area (Å²) in [5, 5.41) is 9.29. The topological polar surface area (TPSA) is 126 Å². The maximum absolute atomic E-state index is 12.1. The van der Waals surface area contributed by atoms with Crippen molar-refractivity contribution in [2.24, 2.45) is 0 Å². The smallest absolute Gasteiger partial charge is 0.411 e. The van der Waals surface area contributed by atoms with Crippen molar-refractivity contribution in [1.82, 2.24) is 24.8 Å². The van der Waals surface area contributed by atoms with E-state index >= 15 is 0 Å². The number of anilines is 5. The number of nitrogens with zero attached hydrogens (tertiary/aromatic N) is 5. The molecule has 4 aromatic rings. The van der Waals surface area contributed by atoms with Crippen molar-refractivity contribution < 1.29 is 14.3 Å². The highest BCUT2D eigenvalue weighted by molar-refractivity contribution is 5.85. The van der Waals surface area contributed by atoms with E-state index in [1.54, 1.807) is 37.8 Å². The van der Waals surface area contributed by atoms with Crippen LogP contribution in [-0.2, 0) is 4.74 Å². The van der Waals surface area contributed by atoms with Crippen LogP contribution < -0.4 is 20.7 Å². The Bertz CT molecular complexity index is 1350. The Morgan fingerprint density at radius 1 is 0.923 bits per heavy atom. The molecular formula is C28H32N8O3. The summed E-state index contributed by atoms with van der Waals surface area (Å²) in [4.78, 5) is 31.7. The number of likely N-dealkylation sites (N-methyl/N-ethyl adjacent to an activating group) is 1. The highest BCUT2D eigenvalue weighted by Gasteiger charge is 2.13. The Kier molecular flexibility index (Phi) is 9.57. The summed E-state index contributed by atoms with van der Waals surface area (Å²) in [6.45, 7) is 7.03. The standard InChI is InChI=1S/C28H32N8O3/c1-4-36(5-2)14-15-39-28(37)33-22-12-10-21(11-13-22)32-27-31-18-23(20-16-29-19-30-17-20)26(35-27)34-24-8-6-7-9-25(24)38-3/h6-13,16-19H,4-5,14-15H2,1-3H3,(H,33,37)(H2,31,32,34,35). The van der Waals surface area contributed by atoms with E-state index in [1.807, 2.05) is 36.4 Å². The van der Waals surface area contributed by atoms with E-state index in [0.29, 0.717) is 36.4 Å². The van der Waals surface area contributed by atoms with Gasteiger partial charge in [0.25, 0.3) is 0 Å². The summed E-state index contributed by atoms with van der Waals surface area (Å²) in [7, 11) is 1.62. The van der Waals surface area contributed by atoms with Gasteiger partial charge in [0, 0.05) is 47.6 Å². The number of methoxy groups -OCH3 is 1. The van der Waals surface area contributed by atoms with Crippen molar-refractivity contribution in [2.75, 3.05) is 49.3 Å². The second kappa shape index (κ2) is 13.7. The van der Waals surface area contributed by atoms with Crippen molar-refractivity contribution in [3.63, 3.8) is 0 Å². The van der Waals surface area contributed by atoms with E-state index in [9.17, 15) is 4.79 Å². The summed E-state index contributed by atoms with van der Waals surface area (Å²) in [5.74, 6) is 1.61. The minimum absolute atomic E-state index is 0.334. The Hall–Kier alpha value is -4.77. The highest BCUT2D eigenvalue weighted by Crippen LogP contribution is 2.32. The van der Waals surface area contributed by atoms with Crippen molar-refractivity contribution >= 4 is 34.9 Å². The first-order valence-corrected chi connectivity index (χ1v) is 12.6. The van der Waals surface area contributed by atoms with Crippen molar-refractivity contribution in [1.29, 1.82) is 0 Å². The third kappa shape index (κ3) is 7.62. The number of carbonyl (C=O) groups excluding carboxylic acids is 1. The summed E-state index contributed by atoms with van der Waals surface area (Å²) < 4.78 is 10.8. The normalized spacial score (nSPS) is 10.7. The minimum atomic E-state index is -0.487. The van der Waals surface area contributed by atoms with Gasteiger partial charge in [-0.2, -0.15) is 4.98 Å². The molecule has 1 amide bonds. The molecule has 0 spiro atoms. The van der Waals surface area contributed by atoms with Gasteiger partial charge >= 0.3 is 6.09 Å². The molecule has 4 rings (SSSR count). The fourth-order valence-electron chi connectivity index (χ4n) is 3.79. The Labute approximate surface area is 227 Å². The molecule has 2 heterocycles. The van der Waals surface area contributed by atoms with Crippen LogP contribution in [0.4, 0.5) is 33.6 Å². The van der Waals surface area contributed by atoms with Gasteiger partial charge in [0.15, 0.2) is 0 Å². The highest BCUT2D eigenvalue weighted by atomic mass is 16.5. The van der Waals surface area contributed by atoms with Crippen LogP contribution >= 0.6 is 0 Å². The number of amides is 1. The molecule has 0 aliphatic heterocycles. The summed E-state index contributed by atoms with van der Waals surface area (Å²) in [6.07, 6.45) is 6.09. The largest absolute Gasteiger partial charge is 0.495 e. The first kappa shape index (κ1) is 27.3. The van der Waals surface area contributed by atoms with E-state index in [4.69, 9.17) is 14.5 Å². The molecule has 0 radical (unpaired) electrons. The maximum Gasteiger partial charge on any atom is 0.411 e. The van der Waals surface area contributed by atoms with Gasteiger partial charge in [0.05, 0.1) is 12.8 Å². The van der Waals surface area contributed by atoms with E-state index in [2.05, 4.69) is 49.6 Å². The third-order valence-corrected chi connectivity index (χ3v) is 5.94. The number of benzene rings is 2. The molecule has 0 unspecified atom stereocenters. The Balaban J connectivity index is 1.46. The Morgan fingerprint density at radius 2 is 1.64 bits per heavy atom. The summed E-state index contributed by atoms with van der Waals surface area (Å²) in [5.41, 5.74) is 3.61. The quantitative estimate of drug-likeness (QED) is 0.222. The predicted molar refractivity (Wildman–Crippen MR) is 152 cm³/mol. The van der Waals surface area contributed by atoms with Gasteiger partial charge in [0.1, 0.15) is 24.5 Å². The molecule has 0 aliphatic carbocycles. The molecule has 0 bridgehead atoms. The van der Waals surface area contributed by atoms with Crippen LogP contribution in [0.5, 0.6) is 5.75 Å². The molecule has 11 nitrogen and oxygen atoms in total. The first-order chi connectivity index (χ1) is 19.1. The second-order valence-corrected chi connectivity index (χ2v) is 8.40. The van der Waals surface area contributed by atoms with Crippen LogP contribution in [0.1, 0.15) is 13.8 Å². The number of nitrogens with one attached hydrogen (secondary N) is 3. The van der Waals surface area contributed by atoms with Crippen molar-refractivity contribution in [3.8, 4) is 16.9 Å². The molecule has 39 heavy (non-hydrogen) atoms. The third-order valence-electron chi connectivity index (χ3n) is 5.94. The van der Waals surface area contributed by atoms with Gasteiger partial charge < -0.3 is 25.0 Å². The van der Waals surface area contributed by atoms with E-state index in [-0.39, 0.29) is 0 Å². The fourth-order valence-corrected chi connectivity index (χ4v) is 3.79. The van der Waals surface area contributed by atoms with Gasteiger partial charge in [-0.15, -0.1) is 0 Å². The number of aromatic nitrogens is 4. The molecule has 0 atom stereocenters. The van der Waals surface area contributed by atoms with Crippen LogP contribution in [0.3, 0.4) is 0 Å². The lowest BCUT2D eigenvalue weighted by molar-refractivity contribution is 0.142. The molecule has 2 aromatic heterocycles. The molecular weight excluding hydrogens is 496 g/mol. The summed E-state index contributed by atoms with van der Waals surface area (Å²) in [6, 6.07) is 14.8. The molecule has 2 aromatic carbocycles. The number of hydrogen-bond donors (Lipinski definition) is 3. The molecule has 0 aliphatic rings. The second-order valence-electron chi connectivity index (χ2n) is 8.40. The van der Waals surface area contributed by atoms with Crippen LogP contribution in [-0.4, -0.2) is 64.3 Å². The van der Waals surface area contributed by atoms with Gasteiger partial charge in [-0.25, -0.2) is 19.7 Å².